The molecule has 1 nitrogen and oxygen atoms in total. The van der Waals surface area contributed by atoms with Crippen molar-refractivity contribution in [1.29, 1.82) is 0 Å². The fourth-order valence-electron chi connectivity index (χ4n) is 2.45. The molecule has 2 aromatic rings. The Hall–Kier alpha value is -1.24. The molecule has 1 aliphatic heterocycles. The van der Waals surface area contributed by atoms with Crippen LogP contribution in [-0.4, -0.2) is 0 Å². The van der Waals surface area contributed by atoms with Gasteiger partial charge in [0, 0.05) is 16.7 Å². The van der Waals surface area contributed by atoms with Crippen LogP contribution in [0.15, 0.2) is 53.4 Å². The summed E-state index contributed by atoms with van der Waals surface area (Å²) in [6.07, 6.45) is 0. The monoisotopic (exact) mass is 271 g/mol. The van der Waals surface area contributed by atoms with Gasteiger partial charge in [-0.3, -0.25) is 0 Å². The van der Waals surface area contributed by atoms with Gasteiger partial charge in [-0.1, -0.05) is 36.4 Å². The molecule has 1 aliphatic rings. The van der Waals surface area contributed by atoms with Crippen molar-refractivity contribution in [2.75, 3.05) is 4.67 Å². The lowest BCUT2D eigenvalue weighted by Crippen LogP contribution is -2.12. The number of fused-ring (bicyclic) bond motifs is 2. The largest absolute Gasteiger partial charge is 0.325 e. The van der Waals surface area contributed by atoms with Crippen molar-refractivity contribution in [2.45, 2.75) is 6.92 Å². The fourth-order valence-corrected chi connectivity index (χ4v) is 3.15. The number of rotatable bonds is 0. The van der Waals surface area contributed by atoms with Gasteiger partial charge >= 0.3 is 0 Å². The van der Waals surface area contributed by atoms with Crippen LogP contribution in [0.1, 0.15) is 18.1 Å². The Morgan fingerprint density at radius 1 is 0.944 bits per heavy atom. The van der Waals surface area contributed by atoms with E-state index in [2.05, 4.69) is 75.2 Å². The molecule has 0 fully saturated rings. The van der Waals surface area contributed by atoms with Crippen LogP contribution >= 0.6 is 22.0 Å². The van der Waals surface area contributed by atoms with Crippen LogP contribution in [0, 0.1) is 0 Å². The second-order valence-electron chi connectivity index (χ2n) is 4.36. The van der Waals surface area contributed by atoms with Crippen molar-refractivity contribution in [1.82, 2.24) is 0 Å². The third-order valence-corrected chi connectivity index (χ3v) is 4.01. The molecule has 90 valence electrons. The van der Waals surface area contributed by atoms with Gasteiger partial charge in [0.2, 0.25) is 0 Å². The lowest BCUT2D eigenvalue weighted by molar-refractivity contribution is 1.34. The lowest BCUT2D eigenvalue weighted by atomic mass is 9.91. The number of para-hydroxylation sites is 2. The number of allylic oxidation sites excluding steroid dienone is 1. The second kappa shape index (κ2) is 4.46. The third kappa shape index (κ3) is 1.68. The number of nitrogens with zero attached hydrogens (tertiary/aromatic N) is 1. The lowest BCUT2D eigenvalue weighted by Gasteiger charge is -2.31. The maximum absolute atomic E-state index is 4.57. The molecule has 1 atom stereocenters. The smallest absolute Gasteiger partial charge is 0.0520 e. The molecule has 0 bridgehead atoms. The van der Waals surface area contributed by atoms with Crippen LogP contribution in [0.4, 0.5) is 11.4 Å². The minimum Gasteiger partial charge on any atom is -0.325 e. The van der Waals surface area contributed by atoms with Crippen LogP contribution < -0.4 is 4.67 Å². The second-order valence-corrected chi connectivity index (χ2v) is 5.55. The molecule has 0 saturated heterocycles. The van der Waals surface area contributed by atoms with E-state index < -0.39 is 0 Å². The highest BCUT2D eigenvalue weighted by Crippen LogP contribution is 2.47. The molecule has 0 radical (unpaired) electrons. The quantitative estimate of drug-likeness (QED) is 0.540. The summed E-state index contributed by atoms with van der Waals surface area (Å²) in [5.41, 5.74) is 6.09. The summed E-state index contributed by atoms with van der Waals surface area (Å²) < 4.78 is 2.16. The third-order valence-electron chi connectivity index (χ3n) is 3.23. The molecule has 0 amide bonds. The van der Waals surface area contributed by atoms with Crippen LogP contribution in [0.2, 0.25) is 0 Å². The van der Waals surface area contributed by atoms with Gasteiger partial charge in [0.1, 0.15) is 0 Å². The Bertz CT molecular complexity index is 595. The molecule has 0 N–H and O–H groups in total. The van der Waals surface area contributed by atoms with Gasteiger partial charge < -0.3 is 4.67 Å². The van der Waals surface area contributed by atoms with Gasteiger partial charge in [0.05, 0.1) is 11.4 Å². The first kappa shape index (κ1) is 11.8. The van der Waals surface area contributed by atoms with Gasteiger partial charge in [-0.2, -0.15) is 0 Å². The zero-order chi connectivity index (χ0) is 12.7. The summed E-state index contributed by atoms with van der Waals surface area (Å²) in [6, 6.07) is 16.8. The average molecular weight is 271 g/mol. The molecule has 0 aliphatic carbocycles. The summed E-state index contributed by atoms with van der Waals surface area (Å²) in [6.45, 7) is 2.05. The molecule has 1 unspecified atom stereocenters. The van der Waals surface area contributed by atoms with Gasteiger partial charge in [-0.15, -0.1) is 12.6 Å². The number of hydrogen-bond donors (Lipinski definition) is 1. The van der Waals surface area contributed by atoms with Crippen molar-refractivity contribution in [3.8, 4) is 0 Å². The summed E-state index contributed by atoms with van der Waals surface area (Å²) in [5, 5.41) is 0. The van der Waals surface area contributed by atoms with Gasteiger partial charge in [0.25, 0.3) is 0 Å². The molecule has 0 spiro atoms. The zero-order valence-corrected chi connectivity index (χ0v) is 12.1. The van der Waals surface area contributed by atoms with Gasteiger partial charge in [-0.05, 0) is 33.4 Å². The Balaban J connectivity index is 2.38. The first-order valence-corrected chi connectivity index (χ1v) is 6.80. The summed E-state index contributed by atoms with van der Waals surface area (Å²) in [4.78, 5) is 1.05. The zero-order valence-electron chi connectivity index (χ0n) is 10.1. The number of hydrogen-bond acceptors (Lipinski definition) is 2. The standard InChI is InChI=1S/C15H14NPS/c1-10(18)15-11-6-2-4-8-13(11)16(17)14-9-5-3-7-12(14)15/h2-9,18H,17H2,1H3. The first-order valence-electron chi connectivity index (χ1n) is 5.83. The van der Waals surface area contributed by atoms with E-state index in [1.165, 1.54) is 28.1 Å². The highest BCUT2D eigenvalue weighted by atomic mass is 32.1. The van der Waals surface area contributed by atoms with E-state index in [1.807, 2.05) is 6.92 Å². The molecular weight excluding hydrogens is 257 g/mol. The predicted octanol–water partition coefficient (Wildman–Crippen LogP) is 4.64. The predicted molar refractivity (Wildman–Crippen MR) is 85.4 cm³/mol. The highest BCUT2D eigenvalue weighted by Gasteiger charge is 2.24. The molecule has 18 heavy (non-hydrogen) atoms. The van der Waals surface area contributed by atoms with Crippen LogP contribution in [0.25, 0.3) is 5.57 Å². The first-order chi connectivity index (χ1) is 8.70. The van der Waals surface area contributed by atoms with Crippen molar-refractivity contribution in [3.05, 3.63) is 64.6 Å². The van der Waals surface area contributed by atoms with E-state index in [0.717, 1.165) is 4.91 Å². The molecule has 3 rings (SSSR count). The van der Waals surface area contributed by atoms with E-state index in [9.17, 15) is 0 Å². The van der Waals surface area contributed by atoms with Gasteiger partial charge in [0.15, 0.2) is 0 Å². The van der Waals surface area contributed by atoms with Crippen LogP contribution in [-0.2, 0) is 0 Å². The molecule has 2 aromatic carbocycles. The minimum absolute atomic E-state index is 1.05. The molecule has 0 aromatic heterocycles. The fraction of sp³-hybridized carbons (Fsp3) is 0.0667. The number of benzene rings is 2. The van der Waals surface area contributed by atoms with Crippen molar-refractivity contribution in [2.24, 2.45) is 0 Å². The molecular formula is C15H14NPS. The molecule has 3 heteroatoms. The Kier molecular flexibility index (Phi) is 2.93. The SMILES string of the molecule is CC(S)=C1c2ccccc2N(P)c2ccccc21. The number of thiol groups is 1. The van der Waals surface area contributed by atoms with E-state index in [1.54, 1.807) is 0 Å². The summed E-state index contributed by atoms with van der Waals surface area (Å²) in [5.74, 6) is 0. The van der Waals surface area contributed by atoms with E-state index in [-0.39, 0.29) is 0 Å². The maximum Gasteiger partial charge on any atom is 0.0520 e. The minimum atomic E-state index is 1.05. The van der Waals surface area contributed by atoms with E-state index in [0.29, 0.717) is 0 Å². The van der Waals surface area contributed by atoms with Crippen LogP contribution in [0.5, 0.6) is 0 Å². The van der Waals surface area contributed by atoms with Crippen LogP contribution in [0.3, 0.4) is 0 Å². The Labute approximate surface area is 115 Å². The summed E-state index contributed by atoms with van der Waals surface area (Å²) in [7, 11) is 2.80. The van der Waals surface area contributed by atoms with Crippen molar-refractivity contribution < 1.29 is 0 Å². The molecule has 0 saturated carbocycles. The number of anilines is 2. The maximum atomic E-state index is 4.57. The Morgan fingerprint density at radius 3 is 1.83 bits per heavy atom. The molecule has 1 heterocycles. The summed E-state index contributed by atoms with van der Waals surface area (Å²) >= 11 is 4.57. The van der Waals surface area contributed by atoms with Crippen molar-refractivity contribution >= 4 is 39.0 Å². The normalized spacial score (nSPS) is 13.1. The van der Waals surface area contributed by atoms with E-state index >= 15 is 0 Å². The highest BCUT2D eigenvalue weighted by molar-refractivity contribution is 7.84. The van der Waals surface area contributed by atoms with E-state index in [4.69, 9.17) is 0 Å². The van der Waals surface area contributed by atoms with Gasteiger partial charge in [-0.25, -0.2) is 0 Å². The Morgan fingerprint density at radius 2 is 1.39 bits per heavy atom. The average Bonchev–Trinajstić information content (AvgIpc) is 2.39. The topological polar surface area (TPSA) is 3.24 Å². The van der Waals surface area contributed by atoms with Crippen molar-refractivity contribution in [3.63, 3.8) is 0 Å².